The lowest BCUT2D eigenvalue weighted by atomic mass is 10.2. The summed E-state index contributed by atoms with van der Waals surface area (Å²) < 4.78 is 21.3. The van der Waals surface area contributed by atoms with E-state index >= 15 is 0 Å². The Morgan fingerprint density at radius 3 is 2.38 bits per heavy atom. The fourth-order valence-electron chi connectivity index (χ4n) is 3.11. The first-order valence-corrected chi connectivity index (χ1v) is 9.03. The summed E-state index contributed by atoms with van der Waals surface area (Å²) in [7, 11) is 0. The number of hydrogen-bond acceptors (Lipinski definition) is 7. The molecule has 8 nitrogen and oxygen atoms in total. The molecule has 2 N–H and O–H groups in total. The number of ether oxygens (including phenoxy) is 4. The summed E-state index contributed by atoms with van der Waals surface area (Å²) in [6.07, 6.45) is 3.18. The zero-order chi connectivity index (χ0) is 19.6. The lowest BCUT2D eigenvalue weighted by Gasteiger charge is -2.09. The molecule has 0 saturated heterocycles. The van der Waals surface area contributed by atoms with Gasteiger partial charge in [-0.1, -0.05) is 6.07 Å². The van der Waals surface area contributed by atoms with Gasteiger partial charge in [0, 0.05) is 24.5 Å². The van der Waals surface area contributed by atoms with Crippen LogP contribution in [0, 0.1) is 0 Å². The monoisotopic (exact) mass is 391 g/mol. The molecular weight excluding hydrogens is 374 g/mol. The third-order valence-corrected chi connectivity index (χ3v) is 4.55. The lowest BCUT2D eigenvalue weighted by molar-refractivity contribution is 0.0950. The molecule has 0 spiro atoms. The van der Waals surface area contributed by atoms with Gasteiger partial charge >= 0.3 is 0 Å². The van der Waals surface area contributed by atoms with E-state index in [-0.39, 0.29) is 19.5 Å². The molecule has 2 aliphatic heterocycles. The lowest BCUT2D eigenvalue weighted by Crippen LogP contribution is -2.23. The average Bonchev–Trinajstić information content (AvgIpc) is 3.40. The van der Waals surface area contributed by atoms with Gasteiger partial charge in [0.05, 0.1) is 17.4 Å². The predicted molar refractivity (Wildman–Crippen MR) is 104 cm³/mol. The molecule has 29 heavy (non-hydrogen) atoms. The number of carbonyl (C=O) groups excluding carboxylic acids is 1. The molecule has 0 saturated carbocycles. The summed E-state index contributed by atoms with van der Waals surface area (Å²) in [4.78, 5) is 16.7. The Morgan fingerprint density at radius 1 is 0.828 bits per heavy atom. The smallest absolute Gasteiger partial charge is 0.253 e. The quantitative estimate of drug-likeness (QED) is 0.690. The van der Waals surface area contributed by atoms with E-state index in [4.69, 9.17) is 18.9 Å². The minimum Gasteiger partial charge on any atom is -0.454 e. The Morgan fingerprint density at radius 2 is 1.55 bits per heavy atom. The number of carbonyl (C=O) groups is 1. The van der Waals surface area contributed by atoms with Crippen molar-refractivity contribution in [3.8, 4) is 23.0 Å². The summed E-state index contributed by atoms with van der Waals surface area (Å²) in [5.74, 6) is 2.58. The van der Waals surface area contributed by atoms with Gasteiger partial charge in [0.15, 0.2) is 23.0 Å². The summed E-state index contributed by atoms with van der Waals surface area (Å²) in [5, 5.41) is 6.11. The van der Waals surface area contributed by atoms with Crippen LogP contribution in [0.25, 0.3) is 0 Å². The Hall–Kier alpha value is -3.94. The largest absolute Gasteiger partial charge is 0.454 e. The van der Waals surface area contributed by atoms with E-state index in [1.807, 2.05) is 36.4 Å². The minimum absolute atomic E-state index is 0.218. The highest BCUT2D eigenvalue weighted by molar-refractivity contribution is 5.94. The van der Waals surface area contributed by atoms with Gasteiger partial charge in [-0.15, -0.1) is 0 Å². The van der Waals surface area contributed by atoms with E-state index in [0.717, 1.165) is 11.3 Å². The van der Waals surface area contributed by atoms with Gasteiger partial charge < -0.3 is 29.6 Å². The van der Waals surface area contributed by atoms with Crippen LogP contribution in [0.5, 0.6) is 23.0 Å². The number of aromatic nitrogens is 1. The van der Waals surface area contributed by atoms with Crippen LogP contribution in [0.3, 0.4) is 0 Å². The molecule has 8 heteroatoms. The molecule has 5 rings (SSSR count). The highest BCUT2D eigenvalue weighted by Gasteiger charge is 2.15. The molecule has 0 bridgehead atoms. The maximum absolute atomic E-state index is 12.5. The highest BCUT2D eigenvalue weighted by Crippen LogP contribution is 2.35. The number of nitrogens with zero attached hydrogens (tertiary/aromatic N) is 1. The van der Waals surface area contributed by atoms with Crippen LogP contribution in [0.1, 0.15) is 15.9 Å². The second-order valence-corrected chi connectivity index (χ2v) is 6.53. The second-order valence-electron chi connectivity index (χ2n) is 6.53. The standard InChI is InChI=1S/C21H17N3O5/c25-21(23-8-13-1-3-17-19(5-13)28-11-26-17)14-6-16(10-22-9-14)24-15-2-4-18-20(7-15)29-12-27-18/h1-7,9-10,24H,8,11-12H2,(H,23,25). The van der Waals surface area contributed by atoms with Crippen LogP contribution in [0.15, 0.2) is 54.9 Å². The van der Waals surface area contributed by atoms with Crippen molar-refractivity contribution >= 4 is 17.3 Å². The number of benzene rings is 2. The minimum atomic E-state index is -0.218. The zero-order valence-corrected chi connectivity index (χ0v) is 15.3. The normalized spacial score (nSPS) is 13.2. The maximum Gasteiger partial charge on any atom is 0.253 e. The van der Waals surface area contributed by atoms with Crippen molar-refractivity contribution in [2.24, 2.45) is 0 Å². The van der Waals surface area contributed by atoms with Crippen LogP contribution < -0.4 is 29.6 Å². The number of amides is 1. The molecule has 2 aliphatic rings. The number of anilines is 2. The van der Waals surface area contributed by atoms with Crippen LogP contribution in [-0.4, -0.2) is 24.5 Å². The molecule has 0 aliphatic carbocycles. The number of nitrogens with one attached hydrogen (secondary N) is 2. The number of fused-ring (bicyclic) bond motifs is 2. The third kappa shape index (κ3) is 3.60. The molecule has 3 heterocycles. The molecule has 0 fully saturated rings. The van der Waals surface area contributed by atoms with Crippen LogP contribution in [0.4, 0.5) is 11.4 Å². The Bertz CT molecular complexity index is 1090. The SMILES string of the molecule is O=C(NCc1ccc2c(c1)OCO2)c1cncc(Nc2ccc3c(c2)OCO3)c1. The molecule has 2 aromatic carbocycles. The van der Waals surface area contributed by atoms with Gasteiger partial charge in [-0.05, 0) is 35.9 Å². The first-order valence-electron chi connectivity index (χ1n) is 9.03. The average molecular weight is 391 g/mol. The van der Waals surface area contributed by atoms with Gasteiger partial charge in [0.2, 0.25) is 13.6 Å². The fourth-order valence-corrected chi connectivity index (χ4v) is 3.11. The van der Waals surface area contributed by atoms with Crippen molar-refractivity contribution in [3.05, 3.63) is 66.0 Å². The van der Waals surface area contributed by atoms with E-state index in [9.17, 15) is 4.79 Å². The van der Waals surface area contributed by atoms with Crippen molar-refractivity contribution in [1.29, 1.82) is 0 Å². The Labute approximate surface area is 166 Å². The van der Waals surface area contributed by atoms with E-state index in [1.54, 1.807) is 12.3 Å². The van der Waals surface area contributed by atoms with Gasteiger partial charge in [0.1, 0.15) is 0 Å². The van der Waals surface area contributed by atoms with Gasteiger partial charge in [-0.2, -0.15) is 0 Å². The van der Waals surface area contributed by atoms with Crippen molar-refractivity contribution < 1.29 is 23.7 Å². The van der Waals surface area contributed by atoms with Crippen LogP contribution in [-0.2, 0) is 6.54 Å². The van der Waals surface area contributed by atoms with E-state index in [2.05, 4.69) is 15.6 Å². The fraction of sp³-hybridized carbons (Fsp3) is 0.143. The number of pyridine rings is 1. The predicted octanol–water partition coefficient (Wildman–Crippen LogP) is 3.21. The van der Waals surface area contributed by atoms with E-state index in [0.29, 0.717) is 40.8 Å². The highest BCUT2D eigenvalue weighted by atomic mass is 16.7. The Kier molecular flexibility index (Phi) is 4.28. The zero-order valence-electron chi connectivity index (χ0n) is 15.3. The first kappa shape index (κ1) is 17.2. The Balaban J connectivity index is 1.25. The van der Waals surface area contributed by atoms with Gasteiger partial charge in [-0.3, -0.25) is 9.78 Å². The van der Waals surface area contributed by atoms with Gasteiger partial charge in [-0.25, -0.2) is 0 Å². The van der Waals surface area contributed by atoms with Crippen molar-refractivity contribution in [3.63, 3.8) is 0 Å². The van der Waals surface area contributed by atoms with E-state index in [1.165, 1.54) is 6.20 Å². The molecule has 0 unspecified atom stereocenters. The van der Waals surface area contributed by atoms with Gasteiger partial charge in [0.25, 0.3) is 5.91 Å². The van der Waals surface area contributed by atoms with Crippen LogP contribution >= 0.6 is 0 Å². The van der Waals surface area contributed by atoms with Crippen molar-refractivity contribution in [1.82, 2.24) is 10.3 Å². The summed E-state index contributed by atoms with van der Waals surface area (Å²) in [5.41, 5.74) is 2.88. The first-order chi connectivity index (χ1) is 14.2. The summed E-state index contributed by atoms with van der Waals surface area (Å²) in [6.45, 7) is 0.814. The molecule has 1 aromatic heterocycles. The van der Waals surface area contributed by atoms with Crippen molar-refractivity contribution in [2.45, 2.75) is 6.54 Å². The number of hydrogen-bond donors (Lipinski definition) is 2. The van der Waals surface area contributed by atoms with Crippen molar-refractivity contribution in [2.75, 3.05) is 18.9 Å². The molecular formula is C21H17N3O5. The summed E-state index contributed by atoms with van der Waals surface area (Å²) in [6, 6.07) is 12.9. The third-order valence-electron chi connectivity index (χ3n) is 4.55. The molecule has 0 atom stereocenters. The molecule has 0 radical (unpaired) electrons. The molecule has 146 valence electrons. The second kappa shape index (κ2) is 7.23. The summed E-state index contributed by atoms with van der Waals surface area (Å²) >= 11 is 0. The van der Waals surface area contributed by atoms with Crippen LogP contribution in [0.2, 0.25) is 0 Å². The molecule has 3 aromatic rings. The maximum atomic E-state index is 12.5. The molecule has 1 amide bonds. The topological polar surface area (TPSA) is 90.9 Å². The number of rotatable bonds is 5. The van der Waals surface area contributed by atoms with E-state index < -0.39 is 0 Å².